The van der Waals surface area contributed by atoms with Crippen LogP contribution in [-0.4, -0.2) is 34.9 Å². The summed E-state index contributed by atoms with van der Waals surface area (Å²) in [6, 6.07) is 18.0. The number of aromatic amines is 1. The van der Waals surface area contributed by atoms with Crippen molar-refractivity contribution in [2.75, 3.05) is 17.2 Å². The molecule has 10 nitrogen and oxygen atoms in total. The molecular formula is C27H27N4O6S2+. The first-order chi connectivity index (χ1) is 18.8. The van der Waals surface area contributed by atoms with Crippen LogP contribution in [0.1, 0.15) is 45.9 Å². The molecule has 2 heterocycles. The monoisotopic (exact) mass is 567 g/mol. The molecule has 39 heavy (non-hydrogen) atoms. The highest BCUT2D eigenvalue weighted by Crippen LogP contribution is 2.35. The molecule has 1 unspecified atom stereocenters. The van der Waals surface area contributed by atoms with Gasteiger partial charge in [0.15, 0.2) is 0 Å². The third kappa shape index (κ3) is 6.29. The molecule has 0 saturated heterocycles. The number of nitrogens with zero attached hydrogens (tertiary/aromatic N) is 1. The summed E-state index contributed by atoms with van der Waals surface area (Å²) in [7, 11) is 0. The fourth-order valence-corrected chi connectivity index (χ4v) is 5.82. The van der Waals surface area contributed by atoms with E-state index in [9.17, 15) is 19.2 Å². The van der Waals surface area contributed by atoms with E-state index in [1.54, 1.807) is 50.2 Å². The minimum Gasteiger partial charge on any atom is -0.462 e. The van der Waals surface area contributed by atoms with Gasteiger partial charge >= 0.3 is 16.6 Å². The molecule has 0 aliphatic heterocycles. The molecule has 1 atom stereocenters. The van der Waals surface area contributed by atoms with Crippen molar-refractivity contribution >= 4 is 51.6 Å². The number of thiophene rings is 1. The van der Waals surface area contributed by atoms with E-state index < -0.39 is 28.7 Å². The summed E-state index contributed by atoms with van der Waals surface area (Å²) in [5, 5.41) is 7.85. The van der Waals surface area contributed by atoms with E-state index in [1.165, 1.54) is 4.68 Å². The summed E-state index contributed by atoms with van der Waals surface area (Å²) in [4.78, 5) is 52.0. The zero-order valence-corrected chi connectivity index (χ0v) is 23.1. The van der Waals surface area contributed by atoms with Crippen molar-refractivity contribution in [3.8, 4) is 5.69 Å². The van der Waals surface area contributed by atoms with Gasteiger partial charge in [-0.05, 0) is 59.7 Å². The zero-order valence-electron chi connectivity index (χ0n) is 21.5. The number of anilines is 2. The Morgan fingerprint density at radius 1 is 1.05 bits per heavy atom. The Balaban J connectivity index is 1.61. The Labute approximate surface area is 232 Å². The van der Waals surface area contributed by atoms with E-state index in [1.807, 2.05) is 31.2 Å². The van der Waals surface area contributed by atoms with Crippen molar-refractivity contribution in [3.05, 3.63) is 87.1 Å². The van der Waals surface area contributed by atoms with Crippen molar-refractivity contribution in [2.24, 2.45) is 0 Å². The number of H-pyrrole nitrogens is 1. The number of thioether (sulfide) groups is 1. The first-order valence-corrected chi connectivity index (χ1v) is 13.9. The highest BCUT2D eigenvalue weighted by atomic mass is 32.2. The Hall–Kier alpha value is -4.16. The first-order valence-electron chi connectivity index (χ1n) is 12.2. The molecule has 0 aliphatic rings. The van der Waals surface area contributed by atoms with Crippen LogP contribution in [0.3, 0.4) is 0 Å². The molecule has 3 N–H and O–H groups in total. The fraction of sp³-hybridized carbons (Fsp3) is 0.222. The number of carbonyl (C=O) groups excluding carboxylic acids is 3. The van der Waals surface area contributed by atoms with Gasteiger partial charge in [-0.15, -0.1) is 11.3 Å². The minimum atomic E-state index is -0.710. The van der Waals surface area contributed by atoms with E-state index in [-0.39, 0.29) is 27.1 Å². The van der Waals surface area contributed by atoms with Gasteiger partial charge in [-0.25, -0.2) is 9.59 Å². The number of aromatic nitrogens is 2. The Bertz CT molecular complexity index is 1530. The SMILES string of the molecule is CCOC(=O)c1c(NC(=O)C(CC)Sc2c(=O)o[nH][n+]2-c2ccccc2)sc(C(=O)Nc2ccccc2)c1C. The van der Waals surface area contributed by atoms with Gasteiger partial charge in [0.25, 0.3) is 5.91 Å². The van der Waals surface area contributed by atoms with Gasteiger partial charge in [0, 0.05) is 17.8 Å². The van der Waals surface area contributed by atoms with E-state index in [0.717, 1.165) is 23.1 Å². The molecule has 2 aromatic carbocycles. The smallest absolute Gasteiger partial charge is 0.442 e. The number of carbonyl (C=O) groups is 3. The molecule has 0 fully saturated rings. The van der Waals surface area contributed by atoms with E-state index >= 15 is 0 Å². The average molecular weight is 568 g/mol. The lowest BCUT2D eigenvalue weighted by molar-refractivity contribution is -0.704. The van der Waals surface area contributed by atoms with Crippen LogP contribution < -0.4 is 20.9 Å². The minimum absolute atomic E-state index is 0.119. The number of esters is 1. The summed E-state index contributed by atoms with van der Waals surface area (Å²) in [6.45, 7) is 5.25. The maximum absolute atomic E-state index is 13.4. The molecule has 2 amide bonds. The van der Waals surface area contributed by atoms with E-state index in [0.29, 0.717) is 23.4 Å². The molecule has 0 spiro atoms. The number of para-hydroxylation sites is 2. The van der Waals surface area contributed by atoms with Crippen LogP contribution >= 0.6 is 23.1 Å². The van der Waals surface area contributed by atoms with Crippen LogP contribution in [0.2, 0.25) is 0 Å². The van der Waals surface area contributed by atoms with E-state index in [2.05, 4.69) is 15.9 Å². The molecule has 0 bridgehead atoms. The molecule has 0 saturated carbocycles. The summed E-state index contributed by atoms with van der Waals surface area (Å²) in [5.74, 6) is -1.50. The van der Waals surface area contributed by atoms with Crippen molar-refractivity contribution in [3.63, 3.8) is 0 Å². The molecule has 202 valence electrons. The molecular weight excluding hydrogens is 540 g/mol. The first kappa shape index (κ1) is 27.9. The van der Waals surface area contributed by atoms with Crippen LogP contribution in [0.4, 0.5) is 10.7 Å². The number of rotatable bonds is 10. The molecule has 0 aliphatic carbocycles. The van der Waals surface area contributed by atoms with Crippen LogP contribution in [0.5, 0.6) is 0 Å². The second-order valence-electron chi connectivity index (χ2n) is 8.26. The molecule has 12 heteroatoms. The van der Waals surface area contributed by atoms with Crippen molar-refractivity contribution in [2.45, 2.75) is 37.5 Å². The van der Waals surface area contributed by atoms with Crippen LogP contribution in [0.25, 0.3) is 5.69 Å². The van der Waals surface area contributed by atoms with Gasteiger partial charge in [-0.2, -0.15) is 0 Å². The van der Waals surface area contributed by atoms with Gasteiger partial charge < -0.3 is 15.4 Å². The predicted molar refractivity (Wildman–Crippen MR) is 149 cm³/mol. The fourth-order valence-electron chi connectivity index (χ4n) is 3.74. The number of hydrogen-bond donors (Lipinski definition) is 3. The Morgan fingerprint density at radius 2 is 1.72 bits per heavy atom. The molecule has 4 aromatic rings. The van der Waals surface area contributed by atoms with Crippen molar-refractivity contribution in [1.29, 1.82) is 0 Å². The zero-order chi connectivity index (χ0) is 27.9. The number of nitrogens with one attached hydrogen (secondary N) is 3. The lowest BCUT2D eigenvalue weighted by Gasteiger charge is -2.12. The van der Waals surface area contributed by atoms with Crippen molar-refractivity contribution < 1.29 is 28.3 Å². The molecule has 4 rings (SSSR count). The number of hydrogen-bond acceptors (Lipinski definition) is 8. The van der Waals surface area contributed by atoms with E-state index in [4.69, 9.17) is 9.26 Å². The highest BCUT2D eigenvalue weighted by molar-refractivity contribution is 8.00. The maximum Gasteiger partial charge on any atom is 0.442 e. The summed E-state index contributed by atoms with van der Waals surface area (Å²) < 4.78 is 11.7. The summed E-state index contributed by atoms with van der Waals surface area (Å²) >= 11 is 2.03. The number of benzene rings is 2. The molecule has 2 aromatic heterocycles. The van der Waals surface area contributed by atoms with Gasteiger partial charge in [0.1, 0.15) is 5.00 Å². The van der Waals surface area contributed by atoms with Crippen LogP contribution in [0.15, 0.2) is 75.0 Å². The topological polar surface area (TPSA) is 134 Å². The summed E-state index contributed by atoms with van der Waals surface area (Å²) in [5.41, 5.74) is 1.16. The quantitative estimate of drug-likeness (QED) is 0.145. The Morgan fingerprint density at radius 3 is 2.36 bits per heavy atom. The van der Waals surface area contributed by atoms with Crippen LogP contribution in [0, 0.1) is 6.92 Å². The maximum atomic E-state index is 13.4. The number of ether oxygens (including phenoxy) is 1. The second-order valence-corrected chi connectivity index (χ2v) is 10.5. The third-order valence-corrected chi connectivity index (χ3v) is 8.25. The molecule has 0 radical (unpaired) electrons. The third-order valence-electron chi connectivity index (χ3n) is 5.64. The second kappa shape index (κ2) is 12.6. The van der Waals surface area contributed by atoms with Gasteiger partial charge in [0.05, 0.1) is 22.3 Å². The number of amides is 2. The lowest BCUT2D eigenvalue weighted by Crippen LogP contribution is -2.37. The largest absolute Gasteiger partial charge is 0.462 e. The highest BCUT2D eigenvalue weighted by Gasteiger charge is 2.32. The van der Waals surface area contributed by atoms with Gasteiger partial charge in [-0.3, -0.25) is 14.1 Å². The predicted octanol–water partition coefficient (Wildman–Crippen LogP) is 4.55. The standard InChI is InChI=1S/C27H26N4O6S2/c1-4-19(38-25-27(35)37-30-31(25)18-14-10-7-11-15-18)22(32)29-24-20(26(34)36-5-2)16(3)21(39-24)23(33)28-17-12-8-6-9-13-17/h6-15,19H,4-5H2,1-3H3,(H2-,28,29,30,32,33,34,35)/p+1. The van der Waals surface area contributed by atoms with Gasteiger partial charge in [0.2, 0.25) is 11.6 Å². The summed E-state index contributed by atoms with van der Waals surface area (Å²) in [6.07, 6.45) is 0.371. The van der Waals surface area contributed by atoms with Crippen LogP contribution in [-0.2, 0) is 9.53 Å². The van der Waals surface area contributed by atoms with Crippen molar-refractivity contribution in [1.82, 2.24) is 5.27 Å². The Kier molecular flexibility index (Phi) is 8.99. The lowest BCUT2D eigenvalue weighted by atomic mass is 10.1. The van der Waals surface area contributed by atoms with Gasteiger partial charge in [-0.1, -0.05) is 43.3 Å². The normalized spacial score (nSPS) is 11.6. The average Bonchev–Trinajstić information content (AvgIpc) is 3.47.